The van der Waals surface area contributed by atoms with Crippen molar-refractivity contribution in [2.75, 3.05) is 5.48 Å². The molecule has 0 unspecified atom stereocenters. The molecule has 5 nitrogen and oxygen atoms in total. The zero-order valence-corrected chi connectivity index (χ0v) is 8.79. The van der Waals surface area contributed by atoms with Gasteiger partial charge in [-0.15, -0.1) is 0 Å². The molecule has 0 heterocycles. The SMILES string of the molecule is O=[N+]([O-])c1cccc(-c2cccc(N[O-])c2)c1. The largest absolute Gasteiger partial charge is 0.761 e. The maximum atomic E-state index is 10.7. The number of hydrogen-bond donors (Lipinski definition) is 1. The average molecular weight is 229 g/mol. The van der Waals surface area contributed by atoms with Gasteiger partial charge < -0.3 is 10.7 Å². The van der Waals surface area contributed by atoms with Gasteiger partial charge in [-0.3, -0.25) is 10.1 Å². The molecule has 5 heteroatoms. The molecule has 0 radical (unpaired) electrons. The summed E-state index contributed by atoms with van der Waals surface area (Å²) in [6, 6.07) is 13.1. The fourth-order valence-corrected chi connectivity index (χ4v) is 1.56. The summed E-state index contributed by atoms with van der Waals surface area (Å²) in [5, 5.41) is 21.2. The highest BCUT2D eigenvalue weighted by atomic mass is 16.6. The highest BCUT2D eigenvalue weighted by molar-refractivity contribution is 5.70. The van der Waals surface area contributed by atoms with E-state index in [9.17, 15) is 15.3 Å². The van der Waals surface area contributed by atoms with Gasteiger partial charge in [-0.05, 0) is 23.3 Å². The van der Waals surface area contributed by atoms with Gasteiger partial charge in [-0.1, -0.05) is 24.3 Å². The Kier molecular flexibility index (Phi) is 3.02. The Hall–Kier alpha value is -2.40. The van der Waals surface area contributed by atoms with Crippen molar-refractivity contribution < 1.29 is 4.92 Å². The van der Waals surface area contributed by atoms with E-state index in [0.717, 1.165) is 5.56 Å². The van der Waals surface area contributed by atoms with Gasteiger partial charge in [0, 0.05) is 17.8 Å². The molecule has 0 aliphatic rings. The standard InChI is InChI=1S/C12H9N2O3/c15-13-11-5-1-3-9(7-11)10-4-2-6-12(8-10)14(16)17/h1-8,13H/q-1. The van der Waals surface area contributed by atoms with Crippen molar-refractivity contribution in [3.63, 3.8) is 0 Å². The fraction of sp³-hybridized carbons (Fsp3) is 0. The van der Waals surface area contributed by atoms with Crippen LogP contribution < -0.4 is 5.48 Å². The molecule has 2 aromatic carbocycles. The Morgan fingerprint density at radius 2 is 1.65 bits per heavy atom. The Morgan fingerprint density at radius 3 is 2.29 bits per heavy atom. The second-order valence-electron chi connectivity index (χ2n) is 3.49. The second kappa shape index (κ2) is 4.63. The van der Waals surface area contributed by atoms with Gasteiger partial charge in [0.2, 0.25) is 0 Å². The maximum absolute atomic E-state index is 10.7. The first kappa shape index (κ1) is 11.1. The molecule has 0 amide bonds. The third-order valence-electron chi connectivity index (χ3n) is 2.37. The lowest BCUT2D eigenvalue weighted by Gasteiger charge is -2.10. The molecule has 0 aromatic heterocycles. The minimum Gasteiger partial charge on any atom is -0.761 e. The summed E-state index contributed by atoms with van der Waals surface area (Å²) in [5.74, 6) is 0. The minimum atomic E-state index is -0.445. The lowest BCUT2D eigenvalue weighted by atomic mass is 10.0. The third-order valence-corrected chi connectivity index (χ3v) is 2.37. The normalized spacial score (nSPS) is 9.94. The quantitative estimate of drug-likeness (QED) is 0.647. The molecule has 2 rings (SSSR count). The summed E-state index contributed by atoms with van der Waals surface area (Å²) in [5.41, 5.74) is 3.71. The van der Waals surface area contributed by atoms with Crippen LogP contribution in [0.2, 0.25) is 0 Å². The highest BCUT2D eigenvalue weighted by Crippen LogP contribution is 2.25. The van der Waals surface area contributed by atoms with Crippen LogP contribution in [0.25, 0.3) is 11.1 Å². The van der Waals surface area contributed by atoms with E-state index in [1.165, 1.54) is 12.1 Å². The lowest BCUT2D eigenvalue weighted by Crippen LogP contribution is -1.89. The topological polar surface area (TPSA) is 78.2 Å². The predicted molar refractivity (Wildman–Crippen MR) is 65.5 cm³/mol. The highest BCUT2D eigenvalue weighted by Gasteiger charge is 2.06. The number of nitro benzene ring substituents is 1. The summed E-state index contributed by atoms with van der Waals surface area (Å²) in [6.45, 7) is 0. The molecule has 0 aliphatic carbocycles. The van der Waals surface area contributed by atoms with E-state index in [0.29, 0.717) is 11.3 Å². The van der Waals surface area contributed by atoms with Crippen LogP contribution in [0, 0.1) is 15.3 Å². The molecule has 86 valence electrons. The van der Waals surface area contributed by atoms with Crippen molar-refractivity contribution in [2.24, 2.45) is 0 Å². The molecule has 17 heavy (non-hydrogen) atoms. The van der Waals surface area contributed by atoms with Crippen LogP contribution in [0.15, 0.2) is 48.5 Å². The van der Waals surface area contributed by atoms with Crippen LogP contribution in [-0.2, 0) is 0 Å². The molecule has 0 spiro atoms. The Labute approximate surface area is 97.4 Å². The van der Waals surface area contributed by atoms with Crippen molar-refractivity contribution in [3.05, 3.63) is 63.9 Å². The predicted octanol–water partition coefficient (Wildman–Crippen LogP) is 3.17. The first-order valence-electron chi connectivity index (χ1n) is 4.94. The number of nitrogens with one attached hydrogen (secondary N) is 1. The number of rotatable bonds is 3. The Morgan fingerprint density at radius 1 is 1.00 bits per heavy atom. The van der Waals surface area contributed by atoms with Crippen molar-refractivity contribution in [1.82, 2.24) is 0 Å². The van der Waals surface area contributed by atoms with Crippen LogP contribution in [0.3, 0.4) is 0 Å². The number of anilines is 1. The first-order valence-corrected chi connectivity index (χ1v) is 4.94. The summed E-state index contributed by atoms with van der Waals surface area (Å²) in [6.07, 6.45) is 0. The second-order valence-corrected chi connectivity index (χ2v) is 3.49. The molecule has 0 aliphatic heterocycles. The summed E-state index contributed by atoms with van der Waals surface area (Å²) >= 11 is 0. The monoisotopic (exact) mass is 229 g/mol. The number of nitro groups is 1. The van der Waals surface area contributed by atoms with Crippen molar-refractivity contribution in [3.8, 4) is 11.1 Å². The Bertz CT molecular complexity index is 555. The third kappa shape index (κ3) is 2.40. The number of hydrogen-bond acceptors (Lipinski definition) is 4. The number of nitrogens with zero attached hydrogens (tertiary/aromatic N) is 1. The molecule has 0 saturated heterocycles. The molecular weight excluding hydrogens is 220 g/mol. The van der Waals surface area contributed by atoms with Gasteiger partial charge >= 0.3 is 0 Å². The van der Waals surface area contributed by atoms with Crippen LogP contribution in [0.4, 0.5) is 11.4 Å². The van der Waals surface area contributed by atoms with Gasteiger partial charge in [-0.25, -0.2) is 0 Å². The molecule has 0 saturated carbocycles. The van der Waals surface area contributed by atoms with E-state index < -0.39 is 4.92 Å². The fourth-order valence-electron chi connectivity index (χ4n) is 1.56. The average Bonchev–Trinajstić information content (AvgIpc) is 2.39. The van der Waals surface area contributed by atoms with Gasteiger partial charge in [0.1, 0.15) is 0 Å². The van der Waals surface area contributed by atoms with Crippen molar-refractivity contribution >= 4 is 11.4 Å². The number of non-ortho nitro benzene ring substituents is 1. The maximum Gasteiger partial charge on any atom is 0.270 e. The lowest BCUT2D eigenvalue weighted by molar-refractivity contribution is -0.384. The Balaban J connectivity index is 2.45. The van der Waals surface area contributed by atoms with E-state index in [1.54, 1.807) is 41.9 Å². The smallest absolute Gasteiger partial charge is 0.270 e. The van der Waals surface area contributed by atoms with Gasteiger partial charge in [-0.2, -0.15) is 0 Å². The van der Waals surface area contributed by atoms with E-state index in [-0.39, 0.29) is 5.69 Å². The summed E-state index contributed by atoms with van der Waals surface area (Å²) in [4.78, 5) is 10.2. The van der Waals surface area contributed by atoms with E-state index >= 15 is 0 Å². The van der Waals surface area contributed by atoms with E-state index in [4.69, 9.17) is 0 Å². The zero-order chi connectivity index (χ0) is 12.3. The van der Waals surface area contributed by atoms with Crippen LogP contribution in [0.5, 0.6) is 0 Å². The van der Waals surface area contributed by atoms with Crippen molar-refractivity contribution in [1.29, 1.82) is 0 Å². The molecule has 0 bridgehead atoms. The van der Waals surface area contributed by atoms with Gasteiger partial charge in [0.25, 0.3) is 5.69 Å². The van der Waals surface area contributed by atoms with E-state index in [2.05, 4.69) is 0 Å². The van der Waals surface area contributed by atoms with Crippen LogP contribution in [-0.4, -0.2) is 4.92 Å². The summed E-state index contributed by atoms with van der Waals surface area (Å²) in [7, 11) is 0. The summed E-state index contributed by atoms with van der Waals surface area (Å²) < 4.78 is 0. The van der Waals surface area contributed by atoms with Gasteiger partial charge in [0.05, 0.1) is 4.92 Å². The van der Waals surface area contributed by atoms with Gasteiger partial charge in [0.15, 0.2) is 0 Å². The molecule has 0 fully saturated rings. The van der Waals surface area contributed by atoms with Crippen LogP contribution >= 0.6 is 0 Å². The zero-order valence-electron chi connectivity index (χ0n) is 8.79. The minimum absolute atomic E-state index is 0.0305. The molecule has 0 atom stereocenters. The first-order chi connectivity index (χ1) is 8.20. The molecular formula is C12H9N2O3-. The molecule has 2 aromatic rings. The van der Waals surface area contributed by atoms with Crippen LogP contribution in [0.1, 0.15) is 0 Å². The van der Waals surface area contributed by atoms with E-state index in [1.807, 2.05) is 0 Å². The van der Waals surface area contributed by atoms with Crippen molar-refractivity contribution in [2.45, 2.75) is 0 Å². The molecule has 1 N–H and O–H groups in total. The number of benzene rings is 2.